The molecule has 2 aromatic rings. The van der Waals surface area contributed by atoms with Crippen LogP contribution >= 0.6 is 15.9 Å². The van der Waals surface area contributed by atoms with Crippen LogP contribution in [0.3, 0.4) is 0 Å². The summed E-state index contributed by atoms with van der Waals surface area (Å²) < 4.78 is 11.5. The molecule has 0 aliphatic rings. The van der Waals surface area contributed by atoms with Crippen molar-refractivity contribution in [3.05, 3.63) is 52.4 Å². The zero-order valence-corrected chi connectivity index (χ0v) is 10.1. The topological polar surface area (TPSA) is 42.6 Å². The third-order valence-electron chi connectivity index (χ3n) is 2.12. The standard InChI is InChI=1S/C12H11BrO3/c13-12-6-5-11(16-12)8-15-10-3-1-9(7-14)2-4-10/h1-6,14H,7-8H2. The number of ether oxygens (including phenoxy) is 1. The van der Waals surface area contributed by atoms with E-state index in [2.05, 4.69) is 15.9 Å². The van der Waals surface area contributed by atoms with Crippen molar-refractivity contribution < 1.29 is 14.3 Å². The summed E-state index contributed by atoms with van der Waals surface area (Å²) in [5.74, 6) is 1.52. The molecule has 0 radical (unpaired) electrons. The van der Waals surface area contributed by atoms with Crippen LogP contribution < -0.4 is 4.74 Å². The number of hydrogen-bond acceptors (Lipinski definition) is 3. The molecule has 0 aliphatic carbocycles. The van der Waals surface area contributed by atoms with E-state index >= 15 is 0 Å². The lowest BCUT2D eigenvalue weighted by molar-refractivity contribution is 0.266. The van der Waals surface area contributed by atoms with Crippen LogP contribution in [0.1, 0.15) is 11.3 Å². The van der Waals surface area contributed by atoms with Gasteiger partial charge in [0.05, 0.1) is 6.61 Å². The fraction of sp³-hybridized carbons (Fsp3) is 0.167. The van der Waals surface area contributed by atoms with Crippen LogP contribution in [-0.2, 0) is 13.2 Å². The summed E-state index contributed by atoms with van der Waals surface area (Å²) in [7, 11) is 0. The minimum Gasteiger partial charge on any atom is -0.486 e. The Bertz CT molecular complexity index is 448. The van der Waals surface area contributed by atoms with Crippen LogP contribution in [0, 0.1) is 0 Å². The van der Waals surface area contributed by atoms with E-state index in [-0.39, 0.29) is 6.61 Å². The maximum absolute atomic E-state index is 8.88. The van der Waals surface area contributed by atoms with Crippen molar-refractivity contribution in [2.24, 2.45) is 0 Å². The second kappa shape index (κ2) is 5.18. The van der Waals surface area contributed by atoms with Crippen molar-refractivity contribution in [3.63, 3.8) is 0 Å². The molecule has 0 unspecified atom stereocenters. The maximum atomic E-state index is 8.88. The number of furan rings is 1. The quantitative estimate of drug-likeness (QED) is 0.937. The Morgan fingerprint density at radius 2 is 1.88 bits per heavy atom. The fourth-order valence-corrected chi connectivity index (χ4v) is 1.61. The highest BCUT2D eigenvalue weighted by Gasteiger charge is 2.00. The van der Waals surface area contributed by atoms with E-state index in [0.717, 1.165) is 17.1 Å². The summed E-state index contributed by atoms with van der Waals surface area (Å²) in [6.45, 7) is 0.440. The van der Waals surface area contributed by atoms with Crippen LogP contribution in [0.4, 0.5) is 0 Å². The van der Waals surface area contributed by atoms with Crippen molar-refractivity contribution in [2.75, 3.05) is 0 Å². The maximum Gasteiger partial charge on any atom is 0.169 e. The van der Waals surface area contributed by atoms with E-state index in [9.17, 15) is 0 Å². The van der Waals surface area contributed by atoms with E-state index in [4.69, 9.17) is 14.3 Å². The Balaban J connectivity index is 1.94. The molecule has 0 bridgehead atoms. The van der Waals surface area contributed by atoms with Crippen LogP contribution in [0.2, 0.25) is 0 Å². The first kappa shape index (κ1) is 11.2. The van der Waals surface area contributed by atoms with Gasteiger partial charge >= 0.3 is 0 Å². The van der Waals surface area contributed by atoms with Crippen molar-refractivity contribution in [3.8, 4) is 5.75 Å². The van der Waals surface area contributed by atoms with Gasteiger partial charge in [-0.3, -0.25) is 0 Å². The molecule has 0 spiro atoms. The molecule has 0 saturated heterocycles. The molecule has 1 heterocycles. The molecule has 0 saturated carbocycles. The first-order chi connectivity index (χ1) is 7.78. The molecule has 0 amide bonds. The molecule has 2 rings (SSSR count). The van der Waals surface area contributed by atoms with E-state index < -0.39 is 0 Å². The molecule has 1 aromatic heterocycles. The van der Waals surface area contributed by atoms with Crippen LogP contribution in [0.15, 0.2) is 45.5 Å². The summed E-state index contributed by atoms with van der Waals surface area (Å²) >= 11 is 3.23. The van der Waals surface area contributed by atoms with Crippen molar-refractivity contribution in [2.45, 2.75) is 13.2 Å². The monoisotopic (exact) mass is 282 g/mol. The third kappa shape index (κ3) is 2.87. The van der Waals surface area contributed by atoms with Crippen LogP contribution in [0.5, 0.6) is 5.75 Å². The Kier molecular flexibility index (Phi) is 3.64. The number of aliphatic hydroxyl groups is 1. The predicted molar refractivity (Wildman–Crippen MR) is 63.1 cm³/mol. The molecule has 1 N–H and O–H groups in total. The van der Waals surface area contributed by atoms with Gasteiger partial charge in [-0.25, -0.2) is 0 Å². The third-order valence-corrected chi connectivity index (χ3v) is 2.54. The van der Waals surface area contributed by atoms with Crippen LogP contribution in [-0.4, -0.2) is 5.11 Å². The van der Waals surface area contributed by atoms with Gasteiger partial charge in [-0.1, -0.05) is 12.1 Å². The van der Waals surface area contributed by atoms with E-state index in [1.165, 1.54) is 0 Å². The molecule has 0 aliphatic heterocycles. The van der Waals surface area contributed by atoms with Gasteiger partial charge in [0.15, 0.2) is 4.67 Å². The number of benzene rings is 1. The van der Waals surface area contributed by atoms with Gasteiger partial charge in [0.2, 0.25) is 0 Å². The van der Waals surface area contributed by atoms with E-state index in [1.807, 2.05) is 36.4 Å². The number of hydrogen-bond donors (Lipinski definition) is 1. The molecule has 0 fully saturated rings. The summed E-state index contributed by atoms with van der Waals surface area (Å²) in [6, 6.07) is 11.0. The Labute approximate surface area is 102 Å². The number of halogens is 1. The molecule has 3 nitrogen and oxygen atoms in total. The average Bonchev–Trinajstić information content (AvgIpc) is 2.73. The second-order valence-corrected chi connectivity index (χ2v) is 4.08. The lowest BCUT2D eigenvalue weighted by atomic mass is 10.2. The average molecular weight is 283 g/mol. The molecular formula is C12H11BrO3. The molecule has 0 atom stereocenters. The normalized spacial score (nSPS) is 10.4. The van der Waals surface area contributed by atoms with Gasteiger partial charge in [0.25, 0.3) is 0 Å². The lowest BCUT2D eigenvalue weighted by Gasteiger charge is -2.04. The minimum atomic E-state index is 0.0470. The smallest absolute Gasteiger partial charge is 0.169 e. The Hall–Kier alpha value is -1.26. The van der Waals surface area contributed by atoms with Gasteiger partial charge in [-0.2, -0.15) is 0 Å². The van der Waals surface area contributed by atoms with Gasteiger partial charge in [0, 0.05) is 0 Å². The van der Waals surface area contributed by atoms with Gasteiger partial charge < -0.3 is 14.3 Å². The second-order valence-electron chi connectivity index (χ2n) is 3.30. The molecular weight excluding hydrogens is 272 g/mol. The summed E-state index contributed by atoms with van der Waals surface area (Å²) in [5.41, 5.74) is 0.869. The first-order valence-electron chi connectivity index (χ1n) is 4.85. The van der Waals surface area contributed by atoms with Crippen molar-refractivity contribution in [1.29, 1.82) is 0 Å². The van der Waals surface area contributed by atoms with Crippen molar-refractivity contribution >= 4 is 15.9 Å². The molecule has 16 heavy (non-hydrogen) atoms. The highest BCUT2D eigenvalue weighted by atomic mass is 79.9. The Morgan fingerprint density at radius 1 is 1.12 bits per heavy atom. The minimum absolute atomic E-state index is 0.0470. The zero-order chi connectivity index (χ0) is 11.4. The van der Waals surface area contributed by atoms with E-state index in [0.29, 0.717) is 11.3 Å². The Morgan fingerprint density at radius 3 is 2.44 bits per heavy atom. The lowest BCUT2D eigenvalue weighted by Crippen LogP contribution is -1.93. The fourth-order valence-electron chi connectivity index (χ4n) is 1.27. The summed E-state index contributed by atoms with van der Waals surface area (Å²) in [4.78, 5) is 0. The molecule has 1 aromatic carbocycles. The number of aliphatic hydroxyl groups excluding tert-OH is 1. The molecule has 4 heteroatoms. The first-order valence-corrected chi connectivity index (χ1v) is 5.64. The largest absolute Gasteiger partial charge is 0.486 e. The number of rotatable bonds is 4. The van der Waals surface area contributed by atoms with Gasteiger partial charge in [-0.15, -0.1) is 0 Å². The molecule has 84 valence electrons. The highest BCUT2D eigenvalue weighted by Crippen LogP contribution is 2.17. The van der Waals surface area contributed by atoms with Gasteiger partial charge in [0.1, 0.15) is 18.1 Å². The van der Waals surface area contributed by atoms with Crippen molar-refractivity contribution in [1.82, 2.24) is 0 Å². The summed E-state index contributed by atoms with van der Waals surface area (Å²) in [5, 5.41) is 8.88. The van der Waals surface area contributed by atoms with Crippen LogP contribution in [0.25, 0.3) is 0 Å². The SMILES string of the molecule is OCc1ccc(OCc2ccc(Br)o2)cc1. The highest BCUT2D eigenvalue weighted by molar-refractivity contribution is 9.10. The van der Waals surface area contributed by atoms with Gasteiger partial charge in [-0.05, 0) is 45.8 Å². The predicted octanol–water partition coefficient (Wildman–Crippen LogP) is 3.11. The van der Waals surface area contributed by atoms with E-state index in [1.54, 1.807) is 0 Å². The summed E-state index contributed by atoms with van der Waals surface area (Å²) in [6.07, 6.45) is 0. The zero-order valence-electron chi connectivity index (χ0n) is 8.52.